The molecule has 33 heavy (non-hydrogen) atoms. The molecule has 9 nitrogen and oxygen atoms in total. The van der Waals surface area contributed by atoms with Gasteiger partial charge in [-0.25, -0.2) is 10.2 Å². The van der Waals surface area contributed by atoms with Crippen LogP contribution < -0.4 is 16.0 Å². The highest BCUT2D eigenvalue weighted by atomic mass is 19.4. The molecule has 3 unspecified atom stereocenters. The number of nitrogens with one attached hydrogen (secondary N) is 3. The zero-order valence-corrected chi connectivity index (χ0v) is 20.5. The van der Waals surface area contributed by atoms with E-state index < -0.39 is 19.1 Å². The maximum atomic E-state index is 12.9. The Morgan fingerprint density at radius 2 is 1.73 bits per heavy atom. The Morgan fingerprint density at radius 1 is 1.06 bits per heavy atom. The molecule has 3 aliphatic rings. The van der Waals surface area contributed by atoms with E-state index in [0.29, 0.717) is 11.2 Å². The first-order valence-corrected chi connectivity index (χ1v) is 12.0. The van der Waals surface area contributed by atoms with E-state index >= 15 is 0 Å². The van der Waals surface area contributed by atoms with Crippen molar-refractivity contribution in [1.82, 2.24) is 30.7 Å². The van der Waals surface area contributed by atoms with Crippen LogP contribution in [0.25, 0.3) is 0 Å². The lowest BCUT2D eigenvalue weighted by Gasteiger charge is -2.55. The molecule has 0 saturated carbocycles. The van der Waals surface area contributed by atoms with Gasteiger partial charge >= 0.3 is 6.18 Å². The van der Waals surface area contributed by atoms with Crippen LogP contribution in [0.2, 0.25) is 0 Å². The van der Waals surface area contributed by atoms with Gasteiger partial charge in [-0.15, -0.1) is 0 Å². The van der Waals surface area contributed by atoms with Gasteiger partial charge in [-0.05, 0) is 45.8 Å². The SMILES string of the molecule is COCN1CCC(NC2NC(OCC(F)(F)F)N(C)C(NCCN3CCCC3)[N+]2(C)C)CC1. The molecule has 0 aliphatic carbocycles. The lowest BCUT2D eigenvalue weighted by Crippen LogP contribution is -2.82. The predicted octanol–water partition coefficient (Wildman–Crippen LogP) is 0.371. The molecule has 0 aromatic carbocycles. The second-order valence-corrected chi connectivity index (χ2v) is 10.00. The van der Waals surface area contributed by atoms with Crippen LogP contribution in [0.5, 0.6) is 0 Å². The van der Waals surface area contributed by atoms with Crippen molar-refractivity contribution < 1.29 is 27.1 Å². The number of nitrogens with zero attached hydrogens (tertiary/aromatic N) is 4. The average Bonchev–Trinajstić information content (AvgIpc) is 3.26. The molecule has 194 valence electrons. The first-order chi connectivity index (χ1) is 15.6. The minimum Gasteiger partial charge on any atom is -0.369 e. The van der Waals surface area contributed by atoms with Crippen LogP contribution in [-0.2, 0) is 9.47 Å². The number of rotatable bonds is 10. The zero-order valence-electron chi connectivity index (χ0n) is 20.5. The molecular formula is C21H43F3N7O2+. The number of halogens is 3. The van der Waals surface area contributed by atoms with Gasteiger partial charge < -0.3 is 14.4 Å². The second-order valence-electron chi connectivity index (χ2n) is 10.00. The van der Waals surface area contributed by atoms with Gasteiger partial charge in [0, 0.05) is 39.3 Å². The molecule has 3 fully saturated rings. The summed E-state index contributed by atoms with van der Waals surface area (Å²) in [6.07, 6.45) is -1.32. The number of hydrogen-bond acceptors (Lipinski definition) is 8. The molecule has 0 spiro atoms. The third-order valence-electron chi connectivity index (χ3n) is 7.00. The molecule has 12 heteroatoms. The van der Waals surface area contributed by atoms with Gasteiger partial charge in [-0.3, -0.25) is 20.0 Å². The standard InChI is InChI=1S/C21H43F3N7O2/c1-28-19(25-9-14-29-10-5-6-11-29)31(2,3)18(27-20(28)33-15-21(22,23)24)26-17-7-12-30(13-8-17)16-32-4/h17-20,25-27H,5-16H2,1-4H3/q+1. The molecule has 0 aromatic heterocycles. The van der Waals surface area contributed by atoms with Crippen molar-refractivity contribution >= 4 is 0 Å². The molecule has 0 aromatic rings. The highest BCUT2D eigenvalue weighted by Crippen LogP contribution is 2.24. The van der Waals surface area contributed by atoms with E-state index in [1.54, 1.807) is 14.2 Å². The summed E-state index contributed by atoms with van der Waals surface area (Å²) >= 11 is 0. The predicted molar refractivity (Wildman–Crippen MR) is 120 cm³/mol. The molecule has 3 atom stereocenters. The van der Waals surface area contributed by atoms with Crippen LogP contribution in [0.4, 0.5) is 13.2 Å². The number of likely N-dealkylation sites (tertiary alicyclic amines) is 2. The van der Waals surface area contributed by atoms with Crippen molar-refractivity contribution in [3.8, 4) is 0 Å². The second kappa shape index (κ2) is 11.9. The van der Waals surface area contributed by atoms with Crippen molar-refractivity contribution in [3.63, 3.8) is 0 Å². The smallest absolute Gasteiger partial charge is 0.369 e. The van der Waals surface area contributed by atoms with Crippen LogP contribution in [0.3, 0.4) is 0 Å². The maximum absolute atomic E-state index is 12.9. The van der Waals surface area contributed by atoms with E-state index in [1.165, 1.54) is 12.8 Å². The quantitative estimate of drug-likeness (QED) is 0.386. The molecule has 3 saturated heterocycles. The number of methoxy groups -OCH3 is 1. The lowest BCUT2D eigenvalue weighted by atomic mass is 10.1. The number of ether oxygens (including phenoxy) is 2. The molecule has 0 radical (unpaired) electrons. The molecular weight excluding hydrogens is 439 g/mol. The zero-order chi connectivity index (χ0) is 24.1. The maximum Gasteiger partial charge on any atom is 0.411 e. The van der Waals surface area contributed by atoms with Gasteiger partial charge in [0.25, 0.3) is 0 Å². The third kappa shape index (κ3) is 7.71. The van der Waals surface area contributed by atoms with E-state index in [0.717, 1.165) is 52.1 Å². The monoisotopic (exact) mass is 482 g/mol. The summed E-state index contributed by atoms with van der Waals surface area (Å²) < 4.78 is 49.7. The topological polar surface area (TPSA) is 64.3 Å². The summed E-state index contributed by atoms with van der Waals surface area (Å²) in [6, 6.07) is 0.268. The minimum atomic E-state index is -4.37. The molecule has 0 amide bonds. The first-order valence-electron chi connectivity index (χ1n) is 12.0. The fourth-order valence-corrected chi connectivity index (χ4v) is 5.13. The first kappa shape index (κ1) is 27.0. The van der Waals surface area contributed by atoms with Gasteiger partial charge in [0.15, 0.2) is 6.35 Å². The summed E-state index contributed by atoms with van der Waals surface area (Å²) in [4.78, 5) is 6.52. The van der Waals surface area contributed by atoms with Crippen LogP contribution in [0, 0.1) is 0 Å². The Balaban J connectivity index is 1.64. The molecule has 0 bridgehead atoms. The van der Waals surface area contributed by atoms with Gasteiger partial charge in [0.05, 0.1) is 20.8 Å². The van der Waals surface area contributed by atoms with E-state index in [9.17, 15) is 13.2 Å². The summed E-state index contributed by atoms with van der Waals surface area (Å²) in [5.74, 6) is 0. The molecule has 3 heterocycles. The van der Waals surface area contributed by atoms with E-state index in [-0.39, 0.29) is 18.6 Å². The van der Waals surface area contributed by atoms with Crippen LogP contribution >= 0.6 is 0 Å². The van der Waals surface area contributed by atoms with E-state index in [1.807, 2.05) is 4.90 Å². The number of piperidine rings is 1. The fraction of sp³-hybridized carbons (Fsp3) is 1.00. The van der Waals surface area contributed by atoms with Crippen molar-refractivity contribution in [1.29, 1.82) is 0 Å². The van der Waals surface area contributed by atoms with Crippen molar-refractivity contribution in [3.05, 3.63) is 0 Å². The van der Waals surface area contributed by atoms with Crippen LogP contribution in [0.1, 0.15) is 25.7 Å². The molecule has 3 N–H and O–H groups in total. The average molecular weight is 483 g/mol. The van der Waals surface area contributed by atoms with Crippen molar-refractivity contribution in [2.45, 2.75) is 56.8 Å². The minimum absolute atomic E-state index is 0.210. The Kier molecular flexibility index (Phi) is 9.75. The number of quaternary nitrogens is 1. The largest absolute Gasteiger partial charge is 0.411 e. The Bertz CT molecular complexity index is 585. The van der Waals surface area contributed by atoms with Crippen molar-refractivity contribution in [2.75, 3.05) is 80.9 Å². The van der Waals surface area contributed by atoms with E-state index in [4.69, 9.17) is 9.47 Å². The summed E-state index contributed by atoms with van der Waals surface area (Å²) in [5, 5.41) is 10.6. The Morgan fingerprint density at radius 3 is 2.33 bits per heavy atom. The summed E-state index contributed by atoms with van der Waals surface area (Å²) in [5.41, 5.74) is 0. The summed E-state index contributed by atoms with van der Waals surface area (Å²) in [6.45, 7) is 5.12. The van der Waals surface area contributed by atoms with Crippen LogP contribution in [-0.4, -0.2) is 131 Å². The van der Waals surface area contributed by atoms with Crippen LogP contribution in [0.15, 0.2) is 0 Å². The van der Waals surface area contributed by atoms with Gasteiger partial charge in [0.2, 0.25) is 12.6 Å². The van der Waals surface area contributed by atoms with Gasteiger partial charge in [0.1, 0.15) is 6.61 Å². The number of alkyl halides is 3. The number of hydrogen-bond donors (Lipinski definition) is 3. The summed E-state index contributed by atoms with van der Waals surface area (Å²) in [7, 11) is 7.69. The Labute approximate surface area is 196 Å². The molecule has 3 aliphatic heterocycles. The third-order valence-corrected chi connectivity index (χ3v) is 7.00. The fourth-order valence-electron chi connectivity index (χ4n) is 5.13. The highest BCUT2D eigenvalue weighted by molar-refractivity contribution is 4.80. The van der Waals surface area contributed by atoms with Crippen molar-refractivity contribution in [2.24, 2.45) is 0 Å². The van der Waals surface area contributed by atoms with Gasteiger partial charge in [-0.1, -0.05) is 0 Å². The Hall–Kier alpha value is -0.570. The lowest BCUT2D eigenvalue weighted by molar-refractivity contribution is -0.969. The highest BCUT2D eigenvalue weighted by Gasteiger charge is 2.49. The van der Waals surface area contributed by atoms with Gasteiger partial charge in [-0.2, -0.15) is 13.2 Å². The normalized spacial score (nSPS) is 30.8. The van der Waals surface area contributed by atoms with E-state index in [2.05, 4.69) is 39.8 Å². The molecule has 3 rings (SSSR count).